The largest absolute Gasteiger partial charge is 0.338 e. The van der Waals surface area contributed by atoms with Crippen LogP contribution in [0.15, 0.2) is 24.3 Å². The maximum atomic E-state index is 12.6. The van der Waals surface area contributed by atoms with Gasteiger partial charge in [-0.05, 0) is 44.7 Å². The fourth-order valence-corrected chi connectivity index (χ4v) is 3.28. The molecule has 0 aliphatic carbocycles. The normalized spacial score (nSPS) is 19.8. The van der Waals surface area contributed by atoms with Gasteiger partial charge in [0.1, 0.15) is 0 Å². The second kappa shape index (κ2) is 7.60. The number of aryl methyl sites for hydroxylation is 1. The van der Waals surface area contributed by atoms with Crippen LogP contribution in [0.2, 0.25) is 0 Å². The number of nitrogens with zero attached hydrogens (tertiary/aromatic N) is 1. The highest BCUT2D eigenvalue weighted by Crippen LogP contribution is 2.27. The number of likely N-dealkylation sites (tertiary alicyclic amines) is 1. The molecular formula is C18H28N2O. The molecule has 1 saturated heterocycles. The average Bonchev–Trinajstić information content (AvgIpc) is 2.94. The first-order chi connectivity index (χ1) is 10.2. The van der Waals surface area contributed by atoms with Crippen molar-refractivity contribution in [2.24, 2.45) is 0 Å². The van der Waals surface area contributed by atoms with Crippen LogP contribution in [0.4, 0.5) is 0 Å². The Kier molecular flexibility index (Phi) is 5.80. The number of amides is 1. The topological polar surface area (TPSA) is 32.3 Å². The number of hydrogen-bond acceptors (Lipinski definition) is 2. The van der Waals surface area contributed by atoms with Gasteiger partial charge in [-0.2, -0.15) is 0 Å². The Morgan fingerprint density at radius 3 is 2.71 bits per heavy atom. The molecular weight excluding hydrogens is 260 g/mol. The summed E-state index contributed by atoms with van der Waals surface area (Å²) in [5.74, 6) is 0.661. The molecule has 1 heterocycles. The Bertz CT molecular complexity index is 455. The van der Waals surface area contributed by atoms with Crippen LogP contribution in [0.25, 0.3) is 0 Å². The van der Waals surface area contributed by atoms with E-state index in [2.05, 4.69) is 48.3 Å². The predicted molar refractivity (Wildman–Crippen MR) is 87.5 cm³/mol. The quantitative estimate of drug-likeness (QED) is 0.872. The fraction of sp³-hybridized carbons (Fsp3) is 0.611. The van der Waals surface area contributed by atoms with E-state index in [0.717, 1.165) is 32.4 Å². The van der Waals surface area contributed by atoms with E-state index >= 15 is 0 Å². The summed E-state index contributed by atoms with van der Waals surface area (Å²) < 4.78 is 0. The van der Waals surface area contributed by atoms with E-state index in [-0.39, 0.29) is 0 Å². The van der Waals surface area contributed by atoms with Crippen molar-refractivity contribution in [2.75, 3.05) is 20.1 Å². The lowest BCUT2D eigenvalue weighted by Crippen LogP contribution is -2.41. The van der Waals surface area contributed by atoms with Crippen LogP contribution >= 0.6 is 0 Å². The van der Waals surface area contributed by atoms with Gasteiger partial charge < -0.3 is 10.2 Å². The Labute approximate surface area is 128 Å². The van der Waals surface area contributed by atoms with Crippen molar-refractivity contribution >= 4 is 5.91 Å². The van der Waals surface area contributed by atoms with E-state index in [1.807, 2.05) is 7.05 Å². The average molecular weight is 288 g/mol. The van der Waals surface area contributed by atoms with Gasteiger partial charge in [-0.25, -0.2) is 0 Å². The molecule has 0 saturated carbocycles. The molecule has 0 aromatic heterocycles. The van der Waals surface area contributed by atoms with E-state index in [4.69, 9.17) is 0 Å². The zero-order valence-electron chi connectivity index (χ0n) is 13.6. The molecule has 0 bridgehead atoms. The summed E-state index contributed by atoms with van der Waals surface area (Å²) in [5.41, 5.74) is 2.56. The Balaban J connectivity index is 2.00. The molecule has 2 atom stereocenters. The van der Waals surface area contributed by atoms with Gasteiger partial charge in [0.05, 0.1) is 0 Å². The molecule has 1 aliphatic rings. The molecule has 1 aromatic carbocycles. The highest BCUT2D eigenvalue weighted by molar-refractivity contribution is 5.77. The maximum absolute atomic E-state index is 12.6. The van der Waals surface area contributed by atoms with Crippen LogP contribution in [0.5, 0.6) is 0 Å². The van der Waals surface area contributed by atoms with E-state index in [1.54, 1.807) is 0 Å². The summed E-state index contributed by atoms with van der Waals surface area (Å²) in [6.45, 7) is 6.11. The minimum atomic E-state index is 0.320. The lowest BCUT2D eigenvalue weighted by molar-refractivity contribution is -0.132. The summed E-state index contributed by atoms with van der Waals surface area (Å²) in [4.78, 5) is 14.7. The van der Waals surface area contributed by atoms with E-state index in [9.17, 15) is 4.79 Å². The summed E-state index contributed by atoms with van der Waals surface area (Å²) in [5, 5.41) is 3.21. The number of carbonyl (C=O) groups is 1. The molecule has 2 unspecified atom stereocenters. The number of nitrogens with one attached hydrogen (secondary N) is 1. The minimum absolute atomic E-state index is 0.320. The fourth-order valence-electron chi connectivity index (χ4n) is 3.28. The van der Waals surface area contributed by atoms with Crippen LogP contribution in [-0.2, 0) is 4.79 Å². The van der Waals surface area contributed by atoms with Gasteiger partial charge in [-0.1, -0.05) is 36.8 Å². The Hall–Kier alpha value is -1.35. The van der Waals surface area contributed by atoms with Crippen molar-refractivity contribution in [3.05, 3.63) is 35.4 Å². The van der Waals surface area contributed by atoms with Gasteiger partial charge in [0.15, 0.2) is 0 Å². The third-order valence-electron chi connectivity index (χ3n) is 4.60. The summed E-state index contributed by atoms with van der Waals surface area (Å²) in [7, 11) is 1.96. The van der Waals surface area contributed by atoms with Crippen LogP contribution < -0.4 is 5.32 Å². The third-order valence-corrected chi connectivity index (χ3v) is 4.60. The van der Waals surface area contributed by atoms with Gasteiger partial charge >= 0.3 is 0 Å². The lowest BCUT2D eigenvalue weighted by Gasteiger charge is -2.26. The number of carbonyl (C=O) groups excluding carboxylic acids is 1. The molecule has 3 heteroatoms. The van der Waals surface area contributed by atoms with E-state index < -0.39 is 0 Å². The standard InChI is InChI=1S/C18H28N2O/c1-4-15(16-9-7-14(2)8-10-16)12-18(21)20-11-5-6-17(20)13-19-3/h7-10,15,17,19H,4-6,11-13H2,1-3H3. The molecule has 116 valence electrons. The SMILES string of the molecule is CCC(CC(=O)N1CCCC1CNC)c1ccc(C)cc1. The summed E-state index contributed by atoms with van der Waals surface area (Å²) >= 11 is 0. The third kappa shape index (κ3) is 4.07. The molecule has 0 radical (unpaired) electrons. The minimum Gasteiger partial charge on any atom is -0.338 e. The van der Waals surface area contributed by atoms with Crippen LogP contribution in [0.3, 0.4) is 0 Å². The molecule has 1 aromatic rings. The molecule has 0 spiro atoms. The van der Waals surface area contributed by atoms with Crippen molar-refractivity contribution < 1.29 is 4.79 Å². The lowest BCUT2D eigenvalue weighted by atomic mass is 9.92. The molecule has 21 heavy (non-hydrogen) atoms. The van der Waals surface area contributed by atoms with Crippen molar-refractivity contribution in [1.82, 2.24) is 10.2 Å². The van der Waals surface area contributed by atoms with Crippen molar-refractivity contribution in [3.8, 4) is 0 Å². The zero-order chi connectivity index (χ0) is 15.2. The first-order valence-corrected chi connectivity index (χ1v) is 8.16. The number of hydrogen-bond donors (Lipinski definition) is 1. The molecule has 1 aliphatic heterocycles. The second-order valence-electron chi connectivity index (χ2n) is 6.16. The highest BCUT2D eigenvalue weighted by atomic mass is 16.2. The van der Waals surface area contributed by atoms with Gasteiger partial charge in [-0.15, -0.1) is 0 Å². The molecule has 1 fully saturated rings. The summed E-state index contributed by atoms with van der Waals surface area (Å²) in [6.07, 6.45) is 3.92. The zero-order valence-corrected chi connectivity index (χ0v) is 13.6. The predicted octanol–water partition coefficient (Wildman–Crippen LogP) is 3.09. The van der Waals surface area contributed by atoms with Crippen LogP contribution in [-0.4, -0.2) is 37.0 Å². The summed E-state index contributed by atoms with van der Waals surface area (Å²) in [6, 6.07) is 9.01. The van der Waals surface area contributed by atoms with E-state index in [1.165, 1.54) is 11.1 Å². The van der Waals surface area contributed by atoms with Crippen LogP contribution in [0.1, 0.15) is 49.7 Å². The van der Waals surface area contributed by atoms with Crippen molar-refractivity contribution in [1.29, 1.82) is 0 Å². The Morgan fingerprint density at radius 2 is 2.10 bits per heavy atom. The van der Waals surface area contributed by atoms with Crippen molar-refractivity contribution in [2.45, 2.75) is 51.5 Å². The van der Waals surface area contributed by atoms with Crippen molar-refractivity contribution in [3.63, 3.8) is 0 Å². The number of benzene rings is 1. The van der Waals surface area contributed by atoms with Crippen LogP contribution in [0, 0.1) is 6.92 Å². The van der Waals surface area contributed by atoms with Gasteiger partial charge in [0, 0.05) is 25.6 Å². The van der Waals surface area contributed by atoms with Gasteiger partial charge in [0.2, 0.25) is 5.91 Å². The smallest absolute Gasteiger partial charge is 0.223 e. The van der Waals surface area contributed by atoms with E-state index in [0.29, 0.717) is 24.3 Å². The highest BCUT2D eigenvalue weighted by Gasteiger charge is 2.29. The molecule has 2 rings (SSSR count). The molecule has 1 N–H and O–H groups in total. The number of likely N-dealkylation sites (N-methyl/N-ethyl adjacent to an activating group) is 1. The van der Waals surface area contributed by atoms with Gasteiger partial charge in [0.25, 0.3) is 0 Å². The van der Waals surface area contributed by atoms with Gasteiger partial charge in [-0.3, -0.25) is 4.79 Å². The monoisotopic (exact) mass is 288 g/mol. The first-order valence-electron chi connectivity index (χ1n) is 8.16. The molecule has 1 amide bonds. The first kappa shape index (κ1) is 16.0. The maximum Gasteiger partial charge on any atom is 0.223 e. The number of rotatable bonds is 6. The second-order valence-corrected chi connectivity index (χ2v) is 6.16. The Morgan fingerprint density at radius 1 is 1.38 bits per heavy atom. The molecule has 3 nitrogen and oxygen atoms in total.